The Morgan fingerprint density at radius 1 is 0.965 bits per heavy atom. The van der Waals surface area contributed by atoms with Crippen LogP contribution in [0.15, 0.2) is 48.7 Å². The van der Waals surface area contributed by atoms with E-state index in [0.29, 0.717) is 91.7 Å². The molecule has 0 spiro atoms. The molecule has 4 aromatic rings. The molecule has 7 rings (SSSR count). The van der Waals surface area contributed by atoms with Crippen molar-refractivity contribution >= 4 is 29.2 Å². The van der Waals surface area contributed by atoms with Crippen molar-refractivity contribution in [2.45, 2.75) is 82.8 Å². The van der Waals surface area contributed by atoms with Gasteiger partial charge in [0.05, 0.1) is 42.2 Å². The number of hydrogen-bond acceptors (Lipinski definition) is 10. The first kappa shape index (κ1) is 40.2. The number of carbonyl (C=O) groups is 2. The number of piperidine rings is 1. The number of halogens is 4. The third-order valence-corrected chi connectivity index (χ3v) is 11.4. The second-order valence-electron chi connectivity index (χ2n) is 14.6. The van der Waals surface area contributed by atoms with Crippen molar-refractivity contribution in [1.82, 2.24) is 35.8 Å². The molecule has 2 amide bonds. The number of aromatic nitrogens is 3. The normalized spacial score (nSPS) is 18.4. The molecule has 302 valence electrons. The molecule has 1 aliphatic carbocycles. The lowest BCUT2D eigenvalue weighted by atomic mass is 9.98. The molecule has 0 bridgehead atoms. The summed E-state index contributed by atoms with van der Waals surface area (Å²) in [6, 6.07) is 12.1. The number of nitrogens with zero attached hydrogens (tertiary/aromatic N) is 4. The van der Waals surface area contributed by atoms with Crippen molar-refractivity contribution in [1.29, 1.82) is 0 Å². The van der Waals surface area contributed by atoms with Crippen LogP contribution in [0.2, 0.25) is 5.02 Å². The van der Waals surface area contributed by atoms with E-state index < -0.39 is 17.8 Å². The van der Waals surface area contributed by atoms with Gasteiger partial charge in [0.2, 0.25) is 23.6 Å². The van der Waals surface area contributed by atoms with Gasteiger partial charge in [0, 0.05) is 86.6 Å². The molecule has 2 fully saturated rings. The first-order chi connectivity index (χ1) is 27.4. The van der Waals surface area contributed by atoms with Crippen molar-refractivity contribution in [2.24, 2.45) is 0 Å². The highest BCUT2D eigenvalue weighted by Gasteiger charge is 2.38. The quantitative estimate of drug-likeness (QED) is 0.119. The van der Waals surface area contributed by atoms with Gasteiger partial charge >= 0.3 is 6.18 Å². The fourth-order valence-electron chi connectivity index (χ4n) is 7.98. The number of fused-ring (bicyclic) bond motifs is 1. The van der Waals surface area contributed by atoms with E-state index in [0.717, 1.165) is 34.7 Å². The SMILES string of the molecule is COc1nc(-c2ccnc(-c3cccc4c3CC[C@@H]4Nc3nc(OC)c(CNC4CCN(C(C)=O)CC4)cc3C(F)(F)F)c2Cl)ccc1CNC[C@@H]1CCC(=O)N1. The Morgan fingerprint density at radius 2 is 1.74 bits per heavy atom. The maximum Gasteiger partial charge on any atom is 0.419 e. The van der Waals surface area contributed by atoms with Crippen LogP contribution in [0.3, 0.4) is 0 Å². The number of hydrogen-bond donors (Lipinski definition) is 4. The zero-order valence-corrected chi connectivity index (χ0v) is 32.8. The van der Waals surface area contributed by atoms with Crippen LogP contribution in [0, 0.1) is 0 Å². The number of ether oxygens (including phenoxy) is 2. The van der Waals surface area contributed by atoms with Crippen LogP contribution in [0.1, 0.15) is 72.9 Å². The van der Waals surface area contributed by atoms with E-state index in [1.165, 1.54) is 14.0 Å². The first-order valence-corrected chi connectivity index (χ1v) is 19.5. The smallest absolute Gasteiger partial charge is 0.419 e. The Balaban J connectivity index is 1.09. The van der Waals surface area contributed by atoms with Crippen molar-refractivity contribution in [3.63, 3.8) is 0 Å². The zero-order valence-electron chi connectivity index (χ0n) is 32.1. The predicted octanol–water partition coefficient (Wildman–Crippen LogP) is 6.46. The molecule has 57 heavy (non-hydrogen) atoms. The van der Waals surface area contributed by atoms with Gasteiger partial charge in [-0.1, -0.05) is 35.9 Å². The second kappa shape index (κ2) is 17.2. The van der Waals surface area contributed by atoms with Crippen LogP contribution in [-0.4, -0.2) is 77.6 Å². The summed E-state index contributed by atoms with van der Waals surface area (Å²) >= 11 is 7.09. The minimum atomic E-state index is -4.68. The number of carbonyl (C=O) groups excluding carboxylic acids is 2. The largest absolute Gasteiger partial charge is 0.481 e. The van der Waals surface area contributed by atoms with E-state index in [2.05, 4.69) is 31.2 Å². The second-order valence-corrected chi connectivity index (χ2v) is 15.0. The highest BCUT2D eigenvalue weighted by atomic mass is 35.5. The molecule has 16 heteroatoms. The van der Waals surface area contributed by atoms with E-state index in [1.807, 2.05) is 30.3 Å². The average Bonchev–Trinajstić information content (AvgIpc) is 3.82. The van der Waals surface area contributed by atoms with Crippen LogP contribution in [-0.2, 0) is 35.3 Å². The van der Waals surface area contributed by atoms with Gasteiger partial charge in [0.25, 0.3) is 0 Å². The van der Waals surface area contributed by atoms with E-state index in [1.54, 1.807) is 24.3 Å². The summed E-state index contributed by atoms with van der Waals surface area (Å²) in [5.41, 5.74) is 4.62. The highest BCUT2D eigenvalue weighted by molar-refractivity contribution is 6.35. The third-order valence-electron chi connectivity index (χ3n) is 11.0. The highest BCUT2D eigenvalue weighted by Crippen LogP contribution is 2.44. The molecule has 0 saturated carbocycles. The summed E-state index contributed by atoms with van der Waals surface area (Å²) in [5, 5.41) is 13.1. The Labute approximate surface area is 334 Å². The number of benzene rings is 1. The fraction of sp³-hybridized carbons (Fsp3) is 0.439. The maximum atomic E-state index is 14.6. The number of rotatable bonds is 13. The van der Waals surface area contributed by atoms with E-state index in [4.69, 9.17) is 26.1 Å². The number of anilines is 1. The van der Waals surface area contributed by atoms with Gasteiger partial charge in [-0.15, -0.1) is 0 Å². The van der Waals surface area contributed by atoms with E-state index >= 15 is 0 Å². The lowest BCUT2D eigenvalue weighted by molar-refractivity contribution is -0.137. The number of nitrogens with one attached hydrogen (secondary N) is 4. The van der Waals surface area contributed by atoms with Crippen LogP contribution >= 0.6 is 11.6 Å². The molecular formula is C41H46ClF3N8O4. The summed E-state index contributed by atoms with van der Waals surface area (Å²) in [6.07, 6.45) is 0.837. The number of alkyl halides is 3. The summed E-state index contributed by atoms with van der Waals surface area (Å²) in [4.78, 5) is 38.8. The molecule has 3 aliphatic rings. The van der Waals surface area contributed by atoms with Gasteiger partial charge in [-0.3, -0.25) is 14.6 Å². The van der Waals surface area contributed by atoms with Crippen molar-refractivity contribution < 1.29 is 32.2 Å². The molecule has 2 aliphatic heterocycles. The third kappa shape index (κ3) is 8.95. The Hall–Kier alpha value is -4.99. The monoisotopic (exact) mass is 806 g/mol. The summed E-state index contributed by atoms with van der Waals surface area (Å²) in [7, 11) is 2.96. The topological polar surface area (TPSA) is 143 Å². The molecule has 2 atom stereocenters. The Bertz CT molecular complexity index is 2130. The fourth-order valence-corrected chi connectivity index (χ4v) is 8.29. The molecule has 0 radical (unpaired) electrons. The predicted molar refractivity (Wildman–Crippen MR) is 210 cm³/mol. The van der Waals surface area contributed by atoms with Gasteiger partial charge in [-0.05, 0) is 61.4 Å². The maximum absolute atomic E-state index is 14.6. The number of likely N-dealkylation sites (tertiary alicyclic amines) is 1. The van der Waals surface area contributed by atoms with E-state index in [-0.39, 0.29) is 42.1 Å². The van der Waals surface area contributed by atoms with Crippen LogP contribution in [0.25, 0.3) is 22.5 Å². The van der Waals surface area contributed by atoms with E-state index in [9.17, 15) is 22.8 Å². The molecule has 3 aromatic heterocycles. The van der Waals surface area contributed by atoms with Crippen LogP contribution in [0.5, 0.6) is 11.8 Å². The molecule has 5 heterocycles. The standard InChI is InChI=1S/C41H46ClF3N8O4/c1-23(54)53-17-14-26(15-18-53)48-21-25-19-32(41(43,44)45)38(52-40(25)57-3)50-33-11-9-28-29(33)5-4-6-30(28)37-36(42)31(13-16-47-37)34-10-7-24(39(51-34)56-2)20-46-22-27-8-12-35(55)49-27/h4-7,10,13,16,19,26-27,33,46,48H,8-9,11-12,14-15,17-18,20-22H2,1-3H3,(H,49,55)(H,50,52)/t27-,33-/m0/s1. The summed E-state index contributed by atoms with van der Waals surface area (Å²) in [5.74, 6) is 0.331. The molecular weight excluding hydrogens is 761 g/mol. The molecule has 2 saturated heterocycles. The van der Waals surface area contributed by atoms with Gasteiger partial charge in [0.15, 0.2) is 0 Å². The Kier molecular flexibility index (Phi) is 12.2. The number of amides is 2. The summed E-state index contributed by atoms with van der Waals surface area (Å²) in [6.45, 7) is 4.01. The van der Waals surface area contributed by atoms with Crippen molar-refractivity contribution in [3.8, 4) is 34.3 Å². The number of methoxy groups -OCH3 is 2. The molecule has 4 N–H and O–H groups in total. The Morgan fingerprint density at radius 3 is 2.44 bits per heavy atom. The minimum absolute atomic E-state index is 0.0169. The molecule has 0 unspecified atom stereocenters. The lowest BCUT2D eigenvalue weighted by Gasteiger charge is -2.32. The van der Waals surface area contributed by atoms with Gasteiger partial charge < -0.3 is 35.6 Å². The lowest BCUT2D eigenvalue weighted by Crippen LogP contribution is -2.44. The summed E-state index contributed by atoms with van der Waals surface area (Å²) < 4.78 is 55.0. The first-order valence-electron chi connectivity index (χ1n) is 19.1. The van der Waals surface area contributed by atoms with Crippen molar-refractivity contribution in [3.05, 3.63) is 81.5 Å². The van der Waals surface area contributed by atoms with Gasteiger partial charge in [0.1, 0.15) is 5.82 Å². The van der Waals surface area contributed by atoms with Crippen LogP contribution in [0.4, 0.5) is 19.0 Å². The van der Waals surface area contributed by atoms with Gasteiger partial charge in [-0.2, -0.15) is 18.2 Å². The van der Waals surface area contributed by atoms with Gasteiger partial charge in [-0.25, -0.2) is 4.98 Å². The van der Waals surface area contributed by atoms with Crippen LogP contribution < -0.4 is 30.7 Å². The average molecular weight is 807 g/mol. The van der Waals surface area contributed by atoms with Crippen molar-refractivity contribution in [2.75, 3.05) is 39.2 Å². The minimum Gasteiger partial charge on any atom is -0.481 e. The molecule has 1 aromatic carbocycles. The zero-order chi connectivity index (χ0) is 40.3. The number of pyridine rings is 3. The molecule has 12 nitrogen and oxygen atoms in total.